The second-order valence-corrected chi connectivity index (χ2v) is 3.17. The highest BCUT2D eigenvalue weighted by molar-refractivity contribution is 5.85. The first-order valence-corrected chi connectivity index (χ1v) is 4.44. The summed E-state index contributed by atoms with van der Waals surface area (Å²) in [6.07, 6.45) is 10.0. The molecular formula is C9H14Cl2N4O. The van der Waals surface area contributed by atoms with Crippen LogP contribution in [0.25, 0.3) is 0 Å². The normalized spacial score (nSPS) is 9.62. The zero-order valence-electron chi connectivity index (χ0n) is 8.51. The maximum atomic E-state index is 9.70. The Morgan fingerprint density at radius 2 is 1.38 bits per heavy atom. The van der Waals surface area contributed by atoms with Crippen LogP contribution in [0.5, 0.6) is 0 Å². The first kappa shape index (κ1) is 15.0. The maximum Gasteiger partial charge on any atom is 0.0946 e. The largest absolute Gasteiger partial charge is 0.389 e. The molecule has 5 nitrogen and oxygen atoms in total. The van der Waals surface area contributed by atoms with Crippen LogP contribution in [0.2, 0.25) is 0 Å². The van der Waals surface area contributed by atoms with Gasteiger partial charge in [0.2, 0.25) is 0 Å². The SMILES string of the molecule is Cl.Cl.OC(Cn1ccnc1)Cn1ccnc1. The molecule has 0 aliphatic carbocycles. The number of nitrogens with zero attached hydrogens (tertiary/aromatic N) is 4. The summed E-state index contributed by atoms with van der Waals surface area (Å²) < 4.78 is 3.70. The standard InChI is InChI=1S/C9H12N4O.2ClH/c14-9(5-12-3-1-10-7-12)6-13-4-2-11-8-13;;/h1-4,7-9,14H,5-6H2;2*1H. The summed E-state index contributed by atoms with van der Waals surface area (Å²) in [7, 11) is 0. The minimum atomic E-state index is -0.418. The van der Waals surface area contributed by atoms with Crippen molar-refractivity contribution in [2.75, 3.05) is 0 Å². The predicted molar refractivity (Wildman–Crippen MR) is 65.0 cm³/mol. The Bertz CT molecular complexity index is 327. The van der Waals surface area contributed by atoms with Crippen LogP contribution in [-0.2, 0) is 13.1 Å². The van der Waals surface area contributed by atoms with E-state index >= 15 is 0 Å². The van der Waals surface area contributed by atoms with E-state index in [1.807, 2.05) is 21.5 Å². The Balaban J connectivity index is 0.00000112. The number of aromatic nitrogens is 4. The lowest BCUT2D eigenvalue weighted by atomic mass is 10.3. The summed E-state index contributed by atoms with van der Waals surface area (Å²) in [5.74, 6) is 0. The first-order valence-electron chi connectivity index (χ1n) is 4.44. The van der Waals surface area contributed by atoms with Crippen LogP contribution in [0.1, 0.15) is 0 Å². The molecule has 0 aliphatic heterocycles. The molecule has 2 aromatic heterocycles. The molecule has 0 bridgehead atoms. The second kappa shape index (κ2) is 7.27. The lowest BCUT2D eigenvalue weighted by Crippen LogP contribution is -2.20. The van der Waals surface area contributed by atoms with Gasteiger partial charge in [0.05, 0.1) is 31.8 Å². The molecule has 7 heteroatoms. The van der Waals surface area contributed by atoms with E-state index in [1.54, 1.807) is 25.0 Å². The van der Waals surface area contributed by atoms with Crippen molar-refractivity contribution < 1.29 is 5.11 Å². The Labute approximate surface area is 106 Å². The molecule has 0 saturated carbocycles. The van der Waals surface area contributed by atoms with E-state index in [0.717, 1.165) is 0 Å². The zero-order chi connectivity index (χ0) is 9.80. The Morgan fingerprint density at radius 1 is 0.938 bits per heavy atom. The summed E-state index contributed by atoms with van der Waals surface area (Å²) in [6, 6.07) is 0. The quantitative estimate of drug-likeness (QED) is 0.896. The van der Waals surface area contributed by atoms with Crippen molar-refractivity contribution >= 4 is 24.8 Å². The molecule has 0 radical (unpaired) electrons. The number of aliphatic hydroxyl groups excluding tert-OH is 1. The molecule has 0 spiro atoms. The summed E-state index contributed by atoms with van der Waals surface area (Å²) in [5, 5.41) is 9.70. The van der Waals surface area contributed by atoms with Crippen LogP contribution in [0.3, 0.4) is 0 Å². The van der Waals surface area contributed by atoms with Gasteiger partial charge in [0.1, 0.15) is 0 Å². The lowest BCUT2D eigenvalue weighted by Gasteiger charge is -2.11. The van der Waals surface area contributed by atoms with Crippen LogP contribution in [0, 0.1) is 0 Å². The van der Waals surface area contributed by atoms with Crippen LogP contribution < -0.4 is 0 Å². The first-order chi connectivity index (χ1) is 6.84. The van der Waals surface area contributed by atoms with Gasteiger partial charge in [-0.05, 0) is 0 Å². The van der Waals surface area contributed by atoms with Crippen molar-refractivity contribution in [1.29, 1.82) is 0 Å². The molecule has 0 aliphatic rings. The predicted octanol–water partition coefficient (Wildman–Crippen LogP) is 0.984. The van der Waals surface area contributed by atoms with Crippen LogP contribution in [-0.4, -0.2) is 30.3 Å². The number of rotatable bonds is 4. The zero-order valence-corrected chi connectivity index (χ0v) is 10.1. The Morgan fingerprint density at radius 3 is 1.69 bits per heavy atom. The number of aliphatic hydroxyl groups is 1. The maximum absolute atomic E-state index is 9.70. The van der Waals surface area contributed by atoms with E-state index in [0.29, 0.717) is 13.1 Å². The van der Waals surface area contributed by atoms with Gasteiger partial charge in [-0.1, -0.05) is 0 Å². The molecule has 2 rings (SSSR count). The van der Waals surface area contributed by atoms with Crippen LogP contribution >= 0.6 is 24.8 Å². The van der Waals surface area contributed by atoms with Crippen molar-refractivity contribution in [3.63, 3.8) is 0 Å². The summed E-state index contributed by atoms with van der Waals surface area (Å²) in [4.78, 5) is 7.81. The highest BCUT2D eigenvalue weighted by Gasteiger charge is 2.04. The molecule has 0 fully saturated rings. The van der Waals surface area contributed by atoms with E-state index < -0.39 is 6.10 Å². The Kier molecular flexibility index (Phi) is 6.80. The molecular weight excluding hydrogens is 251 g/mol. The molecule has 90 valence electrons. The minimum Gasteiger partial charge on any atom is -0.389 e. The molecule has 1 N–H and O–H groups in total. The van der Waals surface area contributed by atoms with E-state index in [9.17, 15) is 5.11 Å². The van der Waals surface area contributed by atoms with Crippen molar-refractivity contribution in [2.24, 2.45) is 0 Å². The molecule has 2 aromatic rings. The van der Waals surface area contributed by atoms with Crippen LogP contribution in [0.4, 0.5) is 0 Å². The third-order valence-electron chi connectivity index (χ3n) is 1.96. The molecule has 16 heavy (non-hydrogen) atoms. The summed E-state index contributed by atoms with van der Waals surface area (Å²) >= 11 is 0. The van der Waals surface area contributed by atoms with Crippen molar-refractivity contribution in [3.05, 3.63) is 37.4 Å². The summed E-state index contributed by atoms with van der Waals surface area (Å²) in [5.41, 5.74) is 0. The van der Waals surface area contributed by atoms with Gasteiger partial charge in [0, 0.05) is 24.8 Å². The highest BCUT2D eigenvalue weighted by atomic mass is 35.5. The van der Waals surface area contributed by atoms with Gasteiger partial charge in [0.15, 0.2) is 0 Å². The fraction of sp³-hybridized carbons (Fsp3) is 0.333. The number of hydrogen-bond acceptors (Lipinski definition) is 3. The molecule has 2 heterocycles. The van der Waals surface area contributed by atoms with E-state index in [1.165, 1.54) is 0 Å². The van der Waals surface area contributed by atoms with Gasteiger partial charge in [-0.2, -0.15) is 0 Å². The monoisotopic (exact) mass is 264 g/mol. The fourth-order valence-corrected chi connectivity index (χ4v) is 1.33. The smallest absolute Gasteiger partial charge is 0.0946 e. The van der Waals surface area contributed by atoms with Gasteiger partial charge < -0.3 is 14.2 Å². The molecule has 0 unspecified atom stereocenters. The van der Waals surface area contributed by atoms with Gasteiger partial charge in [-0.3, -0.25) is 0 Å². The lowest BCUT2D eigenvalue weighted by molar-refractivity contribution is 0.134. The fourth-order valence-electron chi connectivity index (χ4n) is 1.33. The van der Waals surface area contributed by atoms with E-state index in [4.69, 9.17) is 0 Å². The van der Waals surface area contributed by atoms with Gasteiger partial charge in [-0.15, -0.1) is 24.8 Å². The van der Waals surface area contributed by atoms with Crippen molar-refractivity contribution in [2.45, 2.75) is 19.2 Å². The molecule has 0 atom stereocenters. The average molecular weight is 265 g/mol. The number of imidazole rings is 2. The number of hydrogen-bond donors (Lipinski definition) is 1. The van der Waals surface area contributed by atoms with Crippen LogP contribution in [0.15, 0.2) is 37.4 Å². The molecule has 0 aromatic carbocycles. The third kappa shape index (κ3) is 4.22. The molecule has 0 amide bonds. The van der Waals surface area contributed by atoms with E-state index in [-0.39, 0.29) is 24.8 Å². The third-order valence-corrected chi connectivity index (χ3v) is 1.96. The second-order valence-electron chi connectivity index (χ2n) is 3.17. The molecule has 0 saturated heterocycles. The topological polar surface area (TPSA) is 55.9 Å². The van der Waals surface area contributed by atoms with Crippen molar-refractivity contribution in [1.82, 2.24) is 19.1 Å². The van der Waals surface area contributed by atoms with Crippen molar-refractivity contribution in [3.8, 4) is 0 Å². The number of halogens is 2. The van der Waals surface area contributed by atoms with Gasteiger partial charge in [0.25, 0.3) is 0 Å². The Hall–Kier alpha value is -1.04. The van der Waals surface area contributed by atoms with Gasteiger partial charge in [-0.25, -0.2) is 9.97 Å². The van der Waals surface area contributed by atoms with Gasteiger partial charge >= 0.3 is 0 Å². The summed E-state index contributed by atoms with van der Waals surface area (Å²) in [6.45, 7) is 1.11. The average Bonchev–Trinajstić information content (AvgIpc) is 2.76. The van der Waals surface area contributed by atoms with E-state index in [2.05, 4.69) is 9.97 Å². The highest BCUT2D eigenvalue weighted by Crippen LogP contribution is 1.96. The minimum absolute atomic E-state index is 0.